The molecule has 7 heteroatoms. The largest absolute Gasteiger partial charge is 0.444 e. The van der Waals surface area contributed by atoms with E-state index in [4.69, 9.17) is 4.74 Å². The number of ether oxygens (including phenoxy) is 1. The van der Waals surface area contributed by atoms with Crippen LogP contribution in [0.1, 0.15) is 26.5 Å². The molecule has 1 saturated heterocycles. The van der Waals surface area contributed by atoms with Crippen LogP contribution in [0.25, 0.3) is 0 Å². The summed E-state index contributed by atoms with van der Waals surface area (Å²) >= 11 is 3.09. The van der Waals surface area contributed by atoms with Crippen molar-refractivity contribution in [3.05, 3.63) is 11.1 Å². The Morgan fingerprint density at radius 3 is 2.80 bits per heavy atom. The number of carbonyl (C=O) groups is 1. The molecule has 2 atom stereocenters. The molecule has 1 aliphatic heterocycles. The van der Waals surface area contributed by atoms with Crippen molar-refractivity contribution in [2.45, 2.75) is 49.0 Å². The van der Waals surface area contributed by atoms with Gasteiger partial charge in [0, 0.05) is 17.6 Å². The fraction of sp³-hybridized carbons (Fsp3) is 0.692. The Bertz CT molecular complexity index is 484. The average Bonchev–Trinajstić information content (AvgIpc) is 2.85. The Labute approximate surface area is 127 Å². The van der Waals surface area contributed by atoms with E-state index in [1.54, 1.807) is 16.2 Å². The lowest BCUT2D eigenvalue weighted by atomic mass is 10.2. The van der Waals surface area contributed by atoms with Gasteiger partial charge in [-0.25, -0.2) is 9.78 Å². The first-order chi connectivity index (χ1) is 9.24. The van der Waals surface area contributed by atoms with Crippen LogP contribution >= 0.6 is 23.1 Å². The van der Waals surface area contributed by atoms with Crippen molar-refractivity contribution in [1.82, 2.24) is 9.88 Å². The van der Waals surface area contributed by atoms with E-state index in [9.17, 15) is 9.90 Å². The van der Waals surface area contributed by atoms with E-state index < -0.39 is 11.7 Å². The second kappa shape index (κ2) is 5.91. The third-order valence-corrected chi connectivity index (χ3v) is 5.13. The first kappa shape index (κ1) is 15.6. The first-order valence-electron chi connectivity index (χ1n) is 6.49. The summed E-state index contributed by atoms with van der Waals surface area (Å²) in [6, 6.07) is 0. The molecule has 20 heavy (non-hydrogen) atoms. The van der Waals surface area contributed by atoms with Crippen molar-refractivity contribution in [2.24, 2.45) is 0 Å². The van der Waals surface area contributed by atoms with Gasteiger partial charge in [-0.2, -0.15) is 0 Å². The van der Waals surface area contributed by atoms with Crippen molar-refractivity contribution in [3.63, 3.8) is 0 Å². The molecule has 1 fully saturated rings. The molecule has 1 aromatic rings. The molecule has 0 radical (unpaired) electrons. The van der Waals surface area contributed by atoms with E-state index >= 15 is 0 Å². The molecule has 2 rings (SSSR count). The summed E-state index contributed by atoms with van der Waals surface area (Å²) in [6.07, 6.45) is -0.910. The Morgan fingerprint density at radius 2 is 2.25 bits per heavy atom. The van der Waals surface area contributed by atoms with Gasteiger partial charge in [0.2, 0.25) is 0 Å². The molecule has 0 bridgehead atoms. The summed E-state index contributed by atoms with van der Waals surface area (Å²) in [5.41, 5.74) is 0.466. The Kier molecular flexibility index (Phi) is 4.61. The summed E-state index contributed by atoms with van der Waals surface area (Å²) < 4.78 is 6.25. The number of nitrogens with zero attached hydrogens (tertiary/aromatic N) is 2. The molecule has 5 nitrogen and oxygen atoms in total. The number of amides is 1. The predicted molar refractivity (Wildman–Crippen MR) is 80.3 cm³/mol. The molecule has 0 unspecified atom stereocenters. The smallest absolute Gasteiger partial charge is 0.410 e. The number of hydrogen-bond donors (Lipinski definition) is 1. The van der Waals surface area contributed by atoms with Crippen LogP contribution in [0, 0.1) is 6.92 Å². The zero-order valence-electron chi connectivity index (χ0n) is 12.1. The highest BCUT2D eigenvalue weighted by atomic mass is 32.2. The summed E-state index contributed by atoms with van der Waals surface area (Å²) in [5.74, 6) is 0. The Morgan fingerprint density at radius 1 is 1.55 bits per heavy atom. The number of β-amino-alcohol motifs (C(OH)–C–C–N with tert-alkyl or cyclic N) is 1. The van der Waals surface area contributed by atoms with Crippen molar-refractivity contribution in [2.75, 3.05) is 13.1 Å². The minimum absolute atomic E-state index is 0.0481. The average molecular weight is 316 g/mol. The van der Waals surface area contributed by atoms with Crippen molar-refractivity contribution >= 4 is 29.2 Å². The monoisotopic (exact) mass is 316 g/mol. The van der Waals surface area contributed by atoms with Crippen LogP contribution in [0.4, 0.5) is 4.79 Å². The summed E-state index contributed by atoms with van der Waals surface area (Å²) in [7, 11) is 0. The molecular weight excluding hydrogens is 296 g/mol. The molecular formula is C13H20N2O3S2. The molecule has 1 aliphatic rings. The van der Waals surface area contributed by atoms with Gasteiger partial charge in [-0.3, -0.25) is 0 Å². The van der Waals surface area contributed by atoms with Gasteiger partial charge < -0.3 is 14.7 Å². The zero-order valence-corrected chi connectivity index (χ0v) is 13.8. The highest BCUT2D eigenvalue weighted by Crippen LogP contribution is 2.32. The summed E-state index contributed by atoms with van der Waals surface area (Å²) in [6.45, 7) is 8.25. The second-order valence-corrected chi connectivity index (χ2v) is 8.21. The maximum atomic E-state index is 12.0. The van der Waals surface area contributed by atoms with Crippen LogP contribution in [0.2, 0.25) is 0 Å². The third kappa shape index (κ3) is 4.10. The molecule has 1 aromatic heterocycles. The zero-order chi connectivity index (χ0) is 14.9. The van der Waals surface area contributed by atoms with Crippen molar-refractivity contribution in [3.8, 4) is 0 Å². The molecule has 112 valence electrons. The van der Waals surface area contributed by atoms with E-state index in [0.29, 0.717) is 13.1 Å². The Hall–Kier alpha value is -0.790. The van der Waals surface area contributed by atoms with E-state index in [-0.39, 0.29) is 11.3 Å². The maximum absolute atomic E-state index is 12.0. The highest BCUT2D eigenvalue weighted by molar-refractivity contribution is 8.01. The van der Waals surface area contributed by atoms with E-state index in [1.165, 1.54) is 11.8 Å². The van der Waals surface area contributed by atoms with Crippen molar-refractivity contribution in [1.29, 1.82) is 0 Å². The van der Waals surface area contributed by atoms with Crippen LogP contribution in [-0.2, 0) is 4.74 Å². The standard InChI is InChI=1S/C13H20N2O3S2/c1-8-7-19-11(14-8)20-10-6-15(5-9(10)16)12(17)18-13(2,3)4/h7,9-10,16H,5-6H2,1-4H3/t9-,10-/m1/s1. The first-order valence-corrected chi connectivity index (χ1v) is 8.25. The van der Waals surface area contributed by atoms with E-state index in [0.717, 1.165) is 10.0 Å². The molecule has 2 heterocycles. The molecule has 0 saturated carbocycles. The minimum atomic E-state index is -0.545. The minimum Gasteiger partial charge on any atom is -0.444 e. The van der Waals surface area contributed by atoms with Gasteiger partial charge in [0.15, 0.2) is 4.34 Å². The molecule has 0 aliphatic carbocycles. The number of rotatable bonds is 2. The predicted octanol–water partition coefficient (Wildman–Crippen LogP) is 2.52. The number of aliphatic hydroxyl groups is 1. The van der Waals surface area contributed by atoms with Gasteiger partial charge in [0.1, 0.15) is 5.60 Å². The van der Waals surface area contributed by atoms with Crippen LogP contribution in [0.3, 0.4) is 0 Å². The molecule has 0 aromatic carbocycles. The normalized spacial score (nSPS) is 23.1. The van der Waals surface area contributed by atoms with Gasteiger partial charge >= 0.3 is 6.09 Å². The lowest BCUT2D eigenvalue weighted by molar-refractivity contribution is 0.0270. The van der Waals surface area contributed by atoms with Gasteiger partial charge in [-0.1, -0.05) is 11.8 Å². The van der Waals surface area contributed by atoms with Gasteiger partial charge in [0.25, 0.3) is 0 Å². The topological polar surface area (TPSA) is 62.7 Å². The van der Waals surface area contributed by atoms with Crippen LogP contribution in [0.15, 0.2) is 9.72 Å². The number of aryl methyl sites for hydroxylation is 1. The number of hydrogen-bond acceptors (Lipinski definition) is 6. The number of thiazole rings is 1. The fourth-order valence-electron chi connectivity index (χ4n) is 1.86. The van der Waals surface area contributed by atoms with Gasteiger partial charge in [-0.05, 0) is 27.7 Å². The number of thioether (sulfide) groups is 1. The number of aromatic nitrogens is 1. The maximum Gasteiger partial charge on any atom is 0.410 e. The number of likely N-dealkylation sites (tertiary alicyclic amines) is 1. The third-order valence-electron chi connectivity index (χ3n) is 2.74. The Balaban J connectivity index is 1.93. The van der Waals surface area contributed by atoms with Gasteiger partial charge in [-0.15, -0.1) is 11.3 Å². The number of aliphatic hydroxyl groups excluding tert-OH is 1. The lowest BCUT2D eigenvalue weighted by Gasteiger charge is -2.24. The van der Waals surface area contributed by atoms with Crippen molar-refractivity contribution < 1.29 is 14.6 Å². The van der Waals surface area contributed by atoms with Crippen LogP contribution in [0.5, 0.6) is 0 Å². The second-order valence-electron chi connectivity index (χ2n) is 5.86. The number of carbonyl (C=O) groups excluding carboxylic acids is 1. The van der Waals surface area contributed by atoms with Gasteiger partial charge in [0.05, 0.1) is 17.9 Å². The summed E-state index contributed by atoms with van der Waals surface area (Å²) in [4.78, 5) is 17.9. The quantitative estimate of drug-likeness (QED) is 0.908. The van der Waals surface area contributed by atoms with E-state index in [1.807, 2.05) is 33.1 Å². The molecule has 1 N–H and O–H groups in total. The molecule has 0 spiro atoms. The lowest BCUT2D eigenvalue weighted by Crippen LogP contribution is -2.35. The van der Waals surface area contributed by atoms with Crippen LogP contribution in [-0.4, -0.2) is 51.1 Å². The summed E-state index contributed by atoms with van der Waals surface area (Å²) in [5, 5.41) is 12.0. The molecule has 1 amide bonds. The fourth-order valence-corrected chi connectivity index (χ4v) is 4.08. The van der Waals surface area contributed by atoms with Crippen LogP contribution < -0.4 is 0 Å². The van der Waals surface area contributed by atoms with E-state index in [2.05, 4.69) is 4.98 Å². The highest BCUT2D eigenvalue weighted by Gasteiger charge is 2.37. The SMILES string of the molecule is Cc1csc(S[C@@H]2CN(C(=O)OC(C)(C)C)C[C@H]2O)n1.